The molecule has 0 saturated carbocycles. The summed E-state index contributed by atoms with van der Waals surface area (Å²) < 4.78 is 0. The molecule has 1 rings (SSSR count). The summed E-state index contributed by atoms with van der Waals surface area (Å²) in [4.78, 5) is 0. The van der Waals surface area contributed by atoms with E-state index in [9.17, 15) is 5.11 Å². The summed E-state index contributed by atoms with van der Waals surface area (Å²) in [6.07, 6.45) is 0. The molecular weight excluding hydrogens is 233 g/mol. The van der Waals surface area contributed by atoms with Crippen molar-refractivity contribution in [3.8, 4) is 0 Å². The summed E-state index contributed by atoms with van der Waals surface area (Å²) in [7, 11) is 0. The summed E-state index contributed by atoms with van der Waals surface area (Å²) in [5.41, 5.74) is 6.57. The Morgan fingerprint density at radius 3 is 2.40 bits per heavy atom. The first-order chi connectivity index (χ1) is 6.49. The number of hydrogen-bond acceptors (Lipinski definition) is 2. The first-order valence-corrected chi connectivity index (χ1v) is 4.97. The van der Waals surface area contributed by atoms with E-state index in [1.54, 1.807) is 0 Å². The van der Waals surface area contributed by atoms with Gasteiger partial charge in [-0.25, -0.2) is 0 Å². The molecule has 1 atom stereocenters. The Morgan fingerprint density at radius 1 is 1.40 bits per heavy atom. The molecule has 0 saturated heterocycles. The van der Waals surface area contributed by atoms with Gasteiger partial charge in [0.15, 0.2) is 0 Å². The molecule has 4 heteroatoms. The van der Waals surface area contributed by atoms with Crippen molar-refractivity contribution in [1.82, 2.24) is 0 Å². The molecule has 1 aromatic carbocycles. The van der Waals surface area contributed by atoms with Crippen LogP contribution in [0.25, 0.3) is 0 Å². The lowest BCUT2D eigenvalue weighted by Gasteiger charge is -2.30. The summed E-state index contributed by atoms with van der Waals surface area (Å²) >= 11 is 6.02. The van der Waals surface area contributed by atoms with Crippen LogP contribution in [0.1, 0.15) is 25.5 Å². The molecule has 0 aliphatic heterocycles. The fourth-order valence-electron chi connectivity index (χ4n) is 1.25. The van der Waals surface area contributed by atoms with Crippen LogP contribution < -0.4 is 5.73 Å². The Morgan fingerprint density at radius 2 is 1.93 bits per heavy atom. The Labute approximate surface area is 102 Å². The van der Waals surface area contributed by atoms with Crippen molar-refractivity contribution in [3.05, 3.63) is 34.9 Å². The van der Waals surface area contributed by atoms with Gasteiger partial charge in [0.25, 0.3) is 0 Å². The van der Waals surface area contributed by atoms with Gasteiger partial charge in [0.1, 0.15) is 0 Å². The first kappa shape index (κ1) is 14.7. The second kappa shape index (κ2) is 5.71. The highest BCUT2D eigenvalue weighted by Gasteiger charge is 2.28. The zero-order chi connectivity index (χ0) is 10.8. The van der Waals surface area contributed by atoms with Gasteiger partial charge in [-0.2, -0.15) is 0 Å². The van der Waals surface area contributed by atoms with E-state index in [1.807, 2.05) is 38.1 Å². The predicted molar refractivity (Wildman–Crippen MR) is 66.5 cm³/mol. The maximum Gasteiger partial charge on any atom is 0.0500 e. The summed E-state index contributed by atoms with van der Waals surface area (Å²) in [5, 5.41) is 9.85. The molecule has 15 heavy (non-hydrogen) atoms. The van der Waals surface area contributed by atoms with Crippen LogP contribution in [0.15, 0.2) is 24.3 Å². The molecule has 0 unspecified atom stereocenters. The average Bonchev–Trinajstić information content (AvgIpc) is 2.17. The van der Waals surface area contributed by atoms with E-state index < -0.39 is 0 Å². The molecule has 0 bridgehead atoms. The highest BCUT2D eigenvalue weighted by molar-refractivity contribution is 6.31. The summed E-state index contributed by atoms with van der Waals surface area (Å²) in [5.74, 6) is 0. The average molecular weight is 250 g/mol. The molecule has 0 aliphatic carbocycles. The molecule has 0 fully saturated rings. The van der Waals surface area contributed by atoms with Crippen LogP contribution in [0.4, 0.5) is 0 Å². The highest BCUT2D eigenvalue weighted by atomic mass is 35.5. The number of benzene rings is 1. The van der Waals surface area contributed by atoms with Crippen LogP contribution in [-0.4, -0.2) is 11.7 Å². The molecule has 86 valence electrons. The predicted octanol–water partition coefficient (Wildman–Crippen LogP) is 2.78. The molecule has 0 radical (unpaired) electrons. The largest absolute Gasteiger partial charge is 0.396 e. The fourth-order valence-corrected chi connectivity index (χ4v) is 1.50. The quantitative estimate of drug-likeness (QED) is 0.866. The smallest absolute Gasteiger partial charge is 0.0500 e. The van der Waals surface area contributed by atoms with Crippen molar-refractivity contribution in [2.24, 2.45) is 11.1 Å². The van der Waals surface area contributed by atoms with E-state index in [0.717, 1.165) is 5.56 Å². The molecule has 2 nitrogen and oxygen atoms in total. The molecule has 1 aromatic rings. The van der Waals surface area contributed by atoms with E-state index >= 15 is 0 Å². The zero-order valence-electron chi connectivity index (χ0n) is 8.90. The minimum Gasteiger partial charge on any atom is -0.396 e. The normalized spacial score (nSPS) is 13.1. The lowest BCUT2D eigenvalue weighted by molar-refractivity contribution is 0.132. The van der Waals surface area contributed by atoms with E-state index in [2.05, 4.69) is 0 Å². The maximum atomic E-state index is 9.19. The lowest BCUT2D eigenvalue weighted by atomic mass is 9.82. The SMILES string of the molecule is CC(C)(CO)[C@H](N)c1ccccc1Cl.Cl. The third-order valence-electron chi connectivity index (χ3n) is 2.49. The number of hydrogen-bond donors (Lipinski definition) is 2. The number of aliphatic hydroxyl groups excluding tert-OH is 1. The van der Waals surface area contributed by atoms with Crippen LogP contribution in [0.3, 0.4) is 0 Å². The van der Waals surface area contributed by atoms with Gasteiger partial charge < -0.3 is 10.8 Å². The number of nitrogens with two attached hydrogens (primary N) is 1. The fraction of sp³-hybridized carbons (Fsp3) is 0.455. The van der Waals surface area contributed by atoms with Gasteiger partial charge in [0.2, 0.25) is 0 Å². The highest BCUT2D eigenvalue weighted by Crippen LogP contribution is 2.33. The monoisotopic (exact) mass is 249 g/mol. The molecular formula is C11H17Cl2NO. The van der Waals surface area contributed by atoms with Gasteiger partial charge in [0.05, 0.1) is 0 Å². The van der Waals surface area contributed by atoms with E-state index in [1.165, 1.54) is 0 Å². The van der Waals surface area contributed by atoms with Crippen molar-refractivity contribution in [2.75, 3.05) is 6.61 Å². The number of aliphatic hydroxyl groups is 1. The van der Waals surface area contributed by atoms with Gasteiger partial charge in [-0.15, -0.1) is 12.4 Å². The second-order valence-electron chi connectivity index (χ2n) is 4.15. The second-order valence-corrected chi connectivity index (χ2v) is 4.55. The topological polar surface area (TPSA) is 46.2 Å². The Bertz CT molecular complexity index is 315. The van der Waals surface area contributed by atoms with Gasteiger partial charge in [-0.1, -0.05) is 43.6 Å². The zero-order valence-corrected chi connectivity index (χ0v) is 10.5. The van der Waals surface area contributed by atoms with Gasteiger partial charge in [0, 0.05) is 23.1 Å². The van der Waals surface area contributed by atoms with Crippen molar-refractivity contribution in [1.29, 1.82) is 0 Å². The molecule has 0 aromatic heterocycles. The molecule has 0 heterocycles. The van der Waals surface area contributed by atoms with E-state index in [0.29, 0.717) is 5.02 Å². The first-order valence-electron chi connectivity index (χ1n) is 4.60. The van der Waals surface area contributed by atoms with Crippen LogP contribution in [-0.2, 0) is 0 Å². The van der Waals surface area contributed by atoms with E-state index in [4.69, 9.17) is 17.3 Å². The van der Waals surface area contributed by atoms with Gasteiger partial charge in [-0.3, -0.25) is 0 Å². The van der Waals surface area contributed by atoms with Crippen LogP contribution in [0.2, 0.25) is 5.02 Å². The maximum absolute atomic E-state index is 9.19. The Kier molecular flexibility index (Phi) is 5.60. The Balaban J connectivity index is 0.00000196. The van der Waals surface area contributed by atoms with Crippen molar-refractivity contribution in [2.45, 2.75) is 19.9 Å². The van der Waals surface area contributed by atoms with Crippen LogP contribution >= 0.6 is 24.0 Å². The summed E-state index contributed by atoms with van der Waals surface area (Å²) in [6.45, 7) is 3.88. The van der Waals surface area contributed by atoms with E-state index in [-0.39, 0.29) is 30.5 Å². The van der Waals surface area contributed by atoms with Gasteiger partial charge in [-0.05, 0) is 11.6 Å². The van der Waals surface area contributed by atoms with Crippen LogP contribution in [0.5, 0.6) is 0 Å². The van der Waals surface area contributed by atoms with Gasteiger partial charge >= 0.3 is 0 Å². The number of rotatable bonds is 3. The third-order valence-corrected chi connectivity index (χ3v) is 2.83. The van der Waals surface area contributed by atoms with Crippen LogP contribution in [0, 0.1) is 5.41 Å². The minimum absolute atomic E-state index is 0. The van der Waals surface area contributed by atoms with Crippen molar-refractivity contribution in [3.63, 3.8) is 0 Å². The molecule has 0 amide bonds. The minimum atomic E-state index is -0.356. The molecule has 0 aliphatic rings. The molecule has 3 N–H and O–H groups in total. The third kappa shape index (κ3) is 3.35. The molecule has 0 spiro atoms. The Hall–Kier alpha value is -0.280. The number of halogens is 2. The van der Waals surface area contributed by atoms with Crippen molar-refractivity contribution < 1.29 is 5.11 Å². The summed E-state index contributed by atoms with van der Waals surface area (Å²) in [6, 6.07) is 7.22. The standard InChI is InChI=1S/C11H16ClNO.ClH/c1-11(2,7-14)10(13)8-5-3-4-6-9(8)12;/h3-6,10,14H,7,13H2,1-2H3;1H/t10-;/m1./s1. The van der Waals surface area contributed by atoms with Crippen molar-refractivity contribution >= 4 is 24.0 Å². The lowest BCUT2D eigenvalue weighted by Crippen LogP contribution is -2.32.